The fourth-order valence-corrected chi connectivity index (χ4v) is 2.73. The number of likely N-dealkylation sites (N-methyl/N-ethyl adjacent to an activating group) is 1. The quantitative estimate of drug-likeness (QED) is 0.895. The van der Waals surface area contributed by atoms with Crippen LogP contribution in [0.5, 0.6) is 5.75 Å². The van der Waals surface area contributed by atoms with Gasteiger partial charge in [-0.2, -0.15) is 0 Å². The number of para-hydroxylation sites is 2. The third-order valence-electron chi connectivity index (χ3n) is 3.65. The molecule has 1 fully saturated rings. The molecule has 0 saturated carbocycles. The highest BCUT2D eigenvalue weighted by atomic mass is 16.5. The summed E-state index contributed by atoms with van der Waals surface area (Å²) >= 11 is 0. The van der Waals surface area contributed by atoms with Crippen LogP contribution in [0.3, 0.4) is 0 Å². The summed E-state index contributed by atoms with van der Waals surface area (Å²) in [6.45, 7) is 6.56. The van der Waals surface area contributed by atoms with E-state index in [1.807, 2.05) is 19.1 Å². The van der Waals surface area contributed by atoms with Crippen molar-refractivity contribution in [2.45, 2.75) is 19.4 Å². The predicted octanol–water partition coefficient (Wildman–Crippen LogP) is 1.55. The average molecular weight is 263 g/mol. The van der Waals surface area contributed by atoms with Crippen molar-refractivity contribution in [1.29, 1.82) is 0 Å². The maximum absolute atomic E-state index is 5.98. The SMILES string of the molecule is CCOc1ccccc1N1CCCN(C)CC1CN. The van der Waals surface area contributed by atoms with Crippen LogP contribution in [0.2, 0.25) is 0 Å². The zero-order chi connectivity index (χ0) is 13.7. The fourth-order valence-electron chi connectivity index (χ4n) is 2.73. The van der Waals surface area contributed by atoms with Crippen LogP contribution >= 0.6 is 0 Å². The third-order valence-corrected chi connectivity index (χ3v) is 3.65. The van der Waals surface area contributed by atoms with E-state index in [0.29, 0.717) is 19.2 Å². The van der Waals surface area contributed by atoms with Gasteiger partial charge in [-0.1, -0.05) is 12.1 Å². The summed E-state index contributed by atoms with van der Waals surface area (Å²) in [5.41, 5.74) is 7.15. The molecule has 1 aliphatic heterocycles. The molecule has 4 nitrogen and oxygen atoms in total. The van der Waals surface area contributed by atoms with Crippen LogP contribution < -0.4 is 15.4 Å². The van der Waals surface area contributed by atoms with E-state index in [-0.39, 0.29) is 0 Å². The molecule has 106 valence electrons. The lowest BCUT2D eigenvalue weighted by atomic mass is 10.2. The molecule has 1 saturated heterocycles. The van der Waals surface area contributed by atoms with E-state index < -0.39 is 0 Å². The van der Waals surface area contributed by atoms with Gasteiger partial charge in [0.2, 0.25) is 0 Å². The monoisotopic (exact) mass is 263 g/mol. The lowest BCUT2D eigenvalue weighted by Gasteiger charge is -2.33. The van der Waals surface area contributed by atoms with Gasteiger partial charge in [0.05, 0.1) is 18.3 Å². The summed E-state index contributed by atoms with van der Waals surface area (Å²) in [6, 6.07) is 8.63. The highest BCUT2D eigenvalue weighted by molar-refractivity contribution is 5.59. The smallest absolute Gasteiger partial charge is 0.142 e. The molecule has 0 radical (unpaired) electrons. The normalized spacial score (nSPS) is 21.2. The number of benzene rings is 1. The Balaban J connectivity index is 2.27. The van der Waals surface area contributed by atoms with Crippen LogP contribution in [0.1, 0.15) is 13.3 Å². The van der Waals surface area contributed by atoms with Crippen molar-refractivity contribution in [3.63, 3.8) is 0 Å². The first-order valence-electron chi connectivity index (χ1n) is 7.13. The second-order valence-corrected chi connectivity index (χ2v) is 5.10. The number of ether oxygens (including phenoxy) is 1. The topological polar surface area (TPSA) is 41.7 Å². The van der Waals surface area contributed by atoms with Crippen molar-refractivity contribution in [3.05, 3.63) is 24.3 Å². The molecule has 1 unspecified atom stereocenters. The minimum absolute atomic E-state index is 0.356. The van der Waals surface area contributed by atoms with E-state index >= 15 is 0 Å². The molecule has 0 spiro atoms. The van der Waals surface area contributed by atoms with Crippen molar-refractivity contribution < 1.29 is 4.74 Å². The molecule has 1 aliphatic rings. The number of nitrogens with zero attached hydrogens (tertiary/aromatic N) is 2. The number of hydrogen-bond acceptors (Lipinski definition) is 4. The van der Waals surface area contributed by atoms with Gasteiger partial charge in [0.15, 0.2) is 0 Å². The van der Waals surface area contributed by atoms with Gasteiger partial charge in [0.25, 0.3) is 0 Å². The first kappa shape index (κ1) is 14.2. The first-order valence-corrected chi connectivity index (χ1v) is 7.13. The molecule has 0 aromatic heterocycles. The number of hydrogen-bond donors (Lipinski definition) is 1. The van der Waals surface area contributed by atoms with Gasteiger partial charge in [-0.25, -0.2) is 0 Å². The molecule has 0 bridgehead atoms. The number of rotatable bonds is 4. The maximum atomic E-state index is 5.98. The minimum atomic E-state index is 0.356. The molecule has 0 amide bonds. The van der Waals surface area contributed by atoms with E-state index in [0.717, 1.165) is 31.8 Å². The molecule has 1 aromatic rings. The van der Waals surface area contributed by atoms with Crippen molar-refractivity contribution >= 4 is 5.69 Å². The van der Waals surface area contributed by atoms with Crippen LogP contribution in [0, 0.1) is 0 Å². The molecule has 1 atom stereocenters. The van der Waals surface area contributed by atoms with Crippen LogP contribution in [0.15, 0.2) is 24.3 Å². The van der Waals surface area contributed by atoms with E-state index in [1.54, 1.807) is 0 Å². The Morgan fingerprint density at radius 3 is 2.84 bits per heavy atom. The Bertz CT molecular complexity index is 397. The van der Waals surface area contributed by atoms with Crippen LogP contribution in [0.25, 0.3) is 0 Å². The number of anilines is 1. The second-order valence-electron chi connectivity index (χ2n) is 5.10. The average Bonchev–Trinajstić information content (AvgIpc) is 2.61. The molecule has 4 heteroatoms. The molecule has 0 aliphatic carbocycles. The summed E-state index contributed by atoms with van der Waals surface area (Å²) in [5, 5.41) is 0. The van der Waals surface area contributed by atoms with Gasteiger partial charge in [-0.15, -0.1) is 0 Å². The van der Waals surface area contributed by atoms with E-state index in [2.05, 4.69) is 29.0 Å². The van der Waals surface area contributed by atoms with Crippen molar-refractivity contribution in [1.82, 2.24) is 4.90 Å². The van der Waals surface area contributed by atoms with Crippen LogP contribution in [-0.4, -0.2) is 50.8 Å². The Morgan fingerprint density at radius 2 is 2.11 bits per heavy atom. The number of nitrogens with two attached hydrogens (primary N) is 1. The predicted molar refractivity (Wildman–Crippen MR) is 79.9 cm³/mol. The third kappa shape index (κ3) is 3.39. The van der Waals surface area contributed by atoms with Crippen molar-refractivity contribution in [2.24, 2.45) is 5.73 Å². The molecule has 1 heterocycles. The first-order chi connectivity index (χ1) is 9.26. The largest absolute Gasteiger partial charge is 0.492 e. The molecule has 2 rings (SSSR count). The minimum Gasteiger partial charge on any atom is -0.492 e. The van der Waals surface area contributed by atoms with Gasteiger partial charge in [-0.3, -0.25) is 0 Å². The van der Waals surface area contributed by atoms with Crippen LogP contribution in [0.4, 0.5) is 5.69 Å². The summed E-state index contributed by atoms with van der Waals surface area (Å²) in [5.74, 6) is 0.966. The maximum Gasteiger partial charge on any atom is 0.142 e. The standard InChI is InChI=1S/C15H25N3O/c1-3-19-15-8-5-4-7-14(15)18-10-6-9-17(2)12-13(18)11-16/h4-5,7-8,13H,3,6,9-12,16H2,1-2H3. The molecular formula is C15H25N3O. The lowest BCUT2D eigenvalue weighted by molar-refractivity contribution is 0.328. The molecule has 2 N–H and O–H groups in total. The van der Waals surface area contributed by atoms with Gasteiger partial charge >= 0.3 is 0 Å². The second kappa shape index (κ2) is 6.78. The van der Waals surface area contributed by atoms with Crippen molar-refractivity contribution in [2.75, 3.05) is 44.7 Å². The summed E-state index contributed by atoms with van der Waals surface area (Å²) in [7, 11) is 2.17. The van der Waals surface area contributed by atoms with Crippen LogP contribution in [-0.2, 0) is 0 Å². The highest BCUT2D eigenvalue weighted by Gasteiger charge is 2.24. The zero-order valence-electron chi connectivity index (χ0n) is 12.0. The van der Waals surface area contributed by atoms with Gasteiger partial charge in [0, 0.05) is 19.6 Å². The Kier molecular flexibility index (Phi) is 5.05. The van der Waals surface area contributed by atoms with Crippen molar-refractivity contribution in [3.8, 4) is 5.75 Å². The van der Waals surface area contributed by atoms with Gasteiger partial charge in [0.1, 0.15) is 5.75 Å². The van der Waals surface area contributed by atoms with Gasteiger partial charge < -0.3 is 20.3 Å². The summed E-state index contributed by atoms with van der Waals surface area (Å²) in [6.07, 6.45) is 1.16. The van der Waals surface area contributed by atoms with E-state index in [4.69, 9.17) is 10.5 Å². The molecular weight excluding hydrogens is 238 g/mol. The Morgan fingerprint density at radius 1 is 1.32 bits per heavy atom. The summed E-state index contributed by atoms with van der Waals surface area (Å²) in [4.78, 5) is 4.77. The Labute approximate surface area is 116 Å². The fraction of sp³-hybridized carbons (Fsp3) is 0.600. The van der Waals surface area contributed by atoms with E-state index in [1.165, 1.54) is 5.69 Å². The molecule has 1 aromatic carbocycles. The molecule has 19 heavy (non-hydrogen) atoms. The highest BCUT2D eigenvalue weighted by Crippen LogP contribution is 2.30. The Hall–Kier alpha value is -1.26. The summed E-state index contributed by atoms with van der Waals surface area (Å²) < 4.78 is 5.75. The van der Waals surface area contributed by atoms with Gasteiger partial charge in [-0.05, 0) is 39.1 Å². The zero-order valence-corrected chi connectivity index (χ0v) is 12.0. The van der Waals surface area contributed by atoms with E-state index in [9.17, 15) is 0 Å². The lowest BCUT2D eigenvalue weighted by Crippen LogP contribution is -2.45.